The molecule has 2 aliphatic rings. The van der Waals surface area contributed by atoms with Gasteiger partial charge in [0.15, 0.2) is 0 Å². The highest BCUT2D eigenvalue weighted by atomic mass is 16.5. The van der Waals surface area contributed by atoms with E-state index in [1.807, 2.05) is 0 Å². The summed E-state index contributed by atoms with van der Waals surface area (Å²) in [5.74, 6) is 0. The Kier molecular flexibility index (Phi) is 5.11. The Labute approximate surface area is 100 Å². The molecule has 0 amide bonds. The van der Waals surface area contributed by atoms with E-state index in [1.165, 1.54) is 57.8 Å². The second-order valence-corrected chi connectivity index (χ2v) is 5.43. The van der Waals surface area contributed by atoms with Crippen LogP contribution in [0, 0.1) is 0 Å². The molecule has 94 valence electrons. The zero-order valence-electron chi connectivity index (χ0n) is 10.7. The lowest BCUT2D eigenvalue weighted by Gasteiger charge is -2.33. The predicted octanol–water partition coefficient (Wildman–Crippen LogP) is 3.26. The third kappa shape index (κ3) is 3.74. The summed E-state index contributed by atoms with van der Waals surface area (Å²) in [6.45, 7) is 3.31. The van der Waals surface area contributed by atoms with Crippen molar-refractivity contribution >= 4 is 0 Å². The van der Waals surface area contributed by atoms with Crippen molar-refractivity contribution in [3.05, 3.63) is 0 Å². The molecule has 0 unspecified atom stereocenters. The summed E-state index contributed by atoms with van der Waals surface area (Å²) in [6.07, 6.45) is 13.1. The molecule has 2 aliphatic carbocycles. The summed E-state index contributed by atoms with van der Waals surface area (Å²) >= 11 is 0. The molecule has 0 radical (unpaired) electrons. The van der Waals surface area contributed by atoms with Crippen LogP contribution < -0.4 is 5.32 Å². The van der Waals surface area contributed by atoms with Gasteiger partial charge >= 0.3 is 0 Å². The summed E-state index contributed by atoms with van der Waals surface area (Å²) in [7, 11) is 0. The van der Waals surface area contributed by atoms with E-state index >= 15 is 0 Å². The quantitative estimate of drug-likeness (QED) is 0.793. The first kappa shape index (κ1) is 12.4. The Balaban J connectivity index is 1.64. The van der Waals surface area contributed by atoms with Gasteiger partial charge in [0.2, 0.25) is 0 Å². The lowest BCUT2D eigenvalue weighted by atomic mass is 9.92. The van der Waals surface area contributed by atoms with Crippen molar-refractivity contribution in [1.82, 2.24) is 5.32 Å². The molecule has 0 spiro atoms. The molecule has 0 bridgehead atoms. The monoisotopic (exact) mass is 225 g/mol. The highest BCUT2D eigenvalue weighted by Crippen LogP contribution is 2.27. The van der Waals surface area contributed by atoms with Crippen molar-refractivity contribution < 1.29 is 4.74 Å². The van der Waals surface area contributed by atoms with E-state index in [1.54, 1.807) is 0 Å². The van der Waals surface area contributed by atoms with Crippen LogP contribution in [-0.2, 0) is 4.74 Å². The van der Waals surface area contributed by atoms with Crippen LogP contribution >= 0.6 is 0 Å². The number of hydrogen-bond acceptors (Lipinski definition) is 2. The SMILES string of the molecule is CCNC1CCC(OC2CCCCC2)CC1. The molecule has 2 saturated carbocycles. The van der Waals surface area contributed by atoms with Crippen molar-refractivity contribution in [2.45, 2.75) is 83.0 Å². The highest BCUT2D eigenvalue weighted by Gasteiger charge is 2.24. The van der Waals surface area contributed by atoms with E-state index < -0.39 is 0 Å². The maximum Gasteiger partial charge on any atom is 0.0580 e. The van der Waals surface area contributed by atoms with Crippen LogP contribution in [0.4, 0.5) is 0 Å². The van der Waals surface area contributed by atoms with Gasteiger partial charge in [-0.2, -0.15) is 0 Å². The van der Waals surface area contributed by atoms with Gasteiger partial charge in [0.05, 0.1) is 12.2 Å². The fourth-order valence-electron chi connectivity index (χ4n) is 3.17. The van der Waals surface area contributed by atoms with Gasteiger partial charge in [-0.1, -0.05) is 26.2 Å². The smallest absolute Gasteiger partial charge is 0.0580 e. The number of ether oxygens (including phenoxy) is 1. The van der Waals surface area contributed by atoms with E-state index in [2.05, 4.69) is 12.2 Å². The summed E-state index contributed by atoms with van der Waals surface area (Å²) in [4.78, 5) is 0. The van der Waals surface area contributed by atoms with E-state index in [0.29, 0.717) is 12.2 Å². The zero-order valence-corrected chi connectivity index (χ0v) is 10.7. The number of nitrogens with one attached hydrogen (secondary N) is 1. The van der Waals surface area contributed by atoms with Crippen LogP contribution in [0.1, 0.15) is 64.7 Å². The largest absolute Gasteiger partial charge is 0.375 e. The molecule has 0 aromatic carbocycles. The van der Waals surface area contributed by atoms with Crippen molar-refractivity contribution in [2.75, 3.05) is 6.54 Å². The molecular formula is C14H27NO. The maximum atomic E-state index is 6.23. The third-order valence-corrected chi connectivity index (χ3v) is 4.10. The highest BCUT2D eigenvalue weighted by molar-refractivity contribution is 4.78. The Hall–Kier alpha value is -0.0800. The first-order chi connectivity index (χ1) is 7.88. The molecule has 2 heteroatoms. The third-order valence-electron chi connectivity index (χ3n) is 4.10. The molecule has 0 aromatic rings. The normalized spacial score (nSPS) is 32.8. The molecule has 0 heterocycles. The summed E-state index contributed by atoms with van der Waals surface area (Å²) in [5.41, 5.74) is 0. The van der Waals surface area contributed by atoms with Gasteiger partial charge in [0, 0.05) is 6.04 Å². The first-order valence-electron chi connectivity index (χ1n) is 7.27. The van der Waals surface area contributed by atoms with Gasteiger partial charge in [-0.15, -0.1) is 0 Å². The Morgan fingerprint density at radius 2 is 1.50 bits per heavy atom. The molecular weight excluding hydrogens is 198 g/mol. The standard InChI is InChI=1S/C14H27NO/c1-2-15-12-8-10-14(11-9-12)16-13-6-4-3-5-7-13/h12-15H,2-11H2,1H3. The van der Waals surface area contributed by atoms with Crippen LogP contribution in [0.5, 0.6) is 0 Å². The van der Waals surface area contributed by atoms with Gasteiger partial charge in [0.1, 0.15) is 0 Å². The molecule has 0 saturated heterocycles. The maximum absolute atomic E-state index is 6.23. The van der Waals surface area contributed by atoms with Crippen LogP contribution in [0.2, 0.25) is 0 Å². The van der Waals surface area contributed by atoms with E-state index in [-0.39, 0.29) is 0 Å². The Morgan fingerprint density at radius 3 is 2.12 bits per heavy atom. The van der Waals surface area contributed by atoms with E-state index in [4.69, 9.17) is 4.74 Å². The van der Waals surface area contributed by atoms with Crippen LogP contribution in [-0.4, -0.2) is 24.8 Å². The average Bonchev–Trinajstić information content (AvgIpc) is 2.33. The van der Waals surface area contributed by atoms with Crippen LogP contribution in [0.15, 0.2) is 0 Å². The second kappa shape index (κ2) is 6.61. The minimum absolute atomic E-state index is 0.568. The van der Waals surface area contributed by atoms with Crippen molar-refractivity contribution in [1.29, 1.82) is 0 Å². The van der Waals surface area contributed by atoms with Crippen molar-refractivity contribution in [3.8, 4) is 0 Å². The van der Waals surface area contributed by atoms with Gasteiger partial charge in [0.25, 0.3) is 0 Å². The lowest BCUT2D eigenvalue weighted by Crippen LogP contribution is -2.36. The van der Waals surface area contributed by atoms with Crippen molar-refractivity contribution in [3.63, 3.8) is 0 Å². The summed E-state index contributed by atoms with van der Waals surface area (Å²) in [6, 6.07) is 0.760. The van der Waals surface area contributed by atoms with E-state index in [0.717, 1.165) is 12.6 Å². The molecule has 16 heavy (non-hydrogen) atoms. The fourth-order valence-corrected chi connectivity index (χ4v) is 3.17. The summed E-state index contributed by atoms with van der Waals surface area (Å²) in [5, 5.41) is 3.55. The number of rotatable bonds is 4. The molecule has 2 rings (SSSR count). The summed E-state index contributed by atoms with van der Waals surface area (Å²) < 4.78 is 6.23. The second-order valence-electron chi connectivity index (χ2n) is 5.43. The fraction of sp³-hybridized carbons (Fsp3) is 1.00. The van der Waals surface area contributed by atoms with Gasteiger partial charge in [-0.05, 0) is 45.1 Å². The zero-order chi connectivity index (χ0) is 11.2. The van der Waals surface area contributed by atoms with Crippen LogP contribution in [0.3, 0.4) is 0 Å². The van der Waals surface area contributed by atoms with Gasteiger partial charge in [-0.25, -0.2) is 0 Å². The first-order valence-corrected chi connectivity index (χ1v) is 7.27. The minimum Gasteiger partial charge on any atom is -0.375 e. The Morgan fingerprint density at radius 1 is 0.875 bits per heavy atom. The Bertz CT molecular complexity index is 181. The van der Waals surface area contributed by atoms with Crippen molar-refractivity contribution in [2.24, 2.45) is 0 Å². The van der Waals surface area contributed by atoms with E-state index in [9.17, 15) is 0 Å². The molecule has 2 nitrogen and oxygen atoms in total. The lowest BCUT2D eigenvalue weighted by molar-refractivity contribution is -0.0481. The molecule has 0 atom stereocenters. The molecule has 0 aromatic heterocycles. The molecule has 0 aliphatic heterocycles. The van der Waals surface area contributed by atoms with Gasteiger partial charge < -0.3 is 10.1 Å². The van der Waals surface area contributed by atoms with Crippen LogP contribution in [0.25, 0.3) is 0 Å². The number of hydrogen-bond donors (Lipinski definition) is 1. The molecule has 2 fully saturated rings. The molecule has 1 N–H and O–H groups in total. The van der Waals surface area contributed by atoms with Gasteiger partial charge in [-0.3, -0.25) is 0 Å². The topological polar surface area (TPSA) is 21.3 Å². The minimum atomic E-state index is 0.568. The average molecular weight is 225 g/mol. The predicted molar refractivity (Wildman–Crippen MR) is 67.7 cm³/mol.